The first kappa shape index (κ1) is 13.1. The van der Waals surface area contributed by atoms with Gasteiger partial charge in [0.15, 0.2) is 0 Å². The van der Waals surface area contributed by atoms with E-state index in [2.05, 4.69) is 10.1 Å². The Morgan fingerprint density at radius 1 is 1.40 bits per heavy atom. The Morgan fingerprint density at radius 2 is 2.25 bits per heavy atom. The van der Waals surface area contributed by atoms with Crippen LogP contribution in [0.15, 0.2) is 28.9 Å². The van der Waals surface area contributed by atoms with Gasteiger partial charge in [-0.2, -0.15) is 0 Å². The Hall–Kier alpha value is -1.88. The predicted molar refractivity (Wildman–Crippen MR) is 76.0 cm³/mol. The first-order valence-corrected chi connectivity index (χ1v) is 7.05. The van der Waals surface area contributed by atoms with Gasteiger partial charge in [0.25, 0.3) is 0 Å². The number of pyridine rings is 1. The lowest BCUT2D eigenvalue weighted by Gasteiger charge is -2.34. The second kappa shape index (κ2) is 5.63. The molecule has 0 aliphatic heterocycles. The Bertz CT molecular complexity index is 562. The molecule has 1 saturated carbocycles. The average Bonchev–Trinajstić information content (AvgIpc) is 2.78. The molecule has 1 aliphatic carbocycles. The van der Waals surface area contributed by atoms with E-state index in [1.54, 1.807) is 6.20 Å². The van der Waals surface area contributed by atoms with E-state index in [1.165, 1.54) is 0 Å². The fourth-order valence-corrected chi connectivity index (χ4v) is 2.75. The molecular weight excluding hydrogens is 254 g/mol. The van der Waals surface area contributed by atoms with Crippen molar-refractivity contribution in [3.8, 4) is 11.3 Å². The second-order valence-corrected chi connectivity index (χ2v) is 5.20. The van der Waals surface area contributed by atoms with Crippen LogP contribution >= 0.6 is 0 Å². The second-order valence-electron chi connectivity index (χ2n) is 5.20. The zero-order valence-corrected chi connectivity index (χ0v) is 11.6. The highest BCUT2D eigenvalue weighted by Crippen LogP contribution is 2.36. The number of nitrogen functional groups attached to an aromatic ring is 1. The van der Waals surface area contributed by atoms with E-state index in [0.717, 1.165) is 42.8 Å². The Balaban J connectivity index is 1.72. The van der Waals surface area contributed by atoms with E-state index in [9.17, 15) is 0 Å². The van der Waals surface area contributed by atoms with E-state index in [0.29, 0.717) is 17.9 Å². The molecule has 2 aromatic rings. The summed E-state index contributed by atoms with van der Waals surface area (Å²) in [6.07, 6.45) is 5.20. The zero-order valence-electron chi connectivity index (χ0n) is 11.6. The summed E-state index contributed by atoms with van der Waals surface area (Å²) < 4.78 is 10.7. The molecule has 20 heavy (non-hydrogen) atoms. The Morgan fingerprint density at radius 3 is 2.95 bits per heavy atom. The van der Waals surface area contributed by atoms with Crippen molar-refractivity contribution in [2.45, 2.75) is 32.3 Å². The molecule has 2 heterocycles. The number of ether oxygens (including phenoxy) is 1. The highest BCUT2D eigenvalue weighted by Gasteiger charge is 2.31. The van der Waals surface area contributed by atoms with Gasteiger partial charge in [0, 0.05) is 12.8 Å². The van der Waals surface area contributed by atoms with Crippen LogP contribution in [0.2, 0.25) is 0 Å². The van der Waals surface area contributed by atoms with E-state index >= 15 is 0 Å². The molecule has 0 bridgehead atoms. The van der Waals surface area contributed by atoms with Gasteiger partial charge in [0.1, 0.15) is 0 Å². The molecule has 1 aliphatic rings. The summed E-state index contributed by atoms with van der Waals surface area (Å²) in [7, 11) is 0. The zero-order chi connectivity index (χ0) is 13.9. The van der Waals surface area contributed by atoms with Gasteiger partial charge in [-0.3, -0.25) is 4.98 Å². The highest BCUT2D eigenvalue weighted by molar-refractivity contribution is 5.72. The lowest BCUT2D eigenvalue weighted by Crippen LogP contribution is -2.32. The molecule has 0 atom stereocenters. The van der Waals surface area contributed by atoms with Crippen molar-refractivity contribution in [1.29, 1.82) is 0 Å². The standard InChI is InChI=1S/C15H19N3O2/c1-2-19-11-7-10(8-11)9-13-14(15(16)20-18-13)12-5-3-4-6-17-12/h3-6,10-11H,2,7-9,16H2,1H3. The normalized spacial score (nSPS) is 21.6. The molecule has 3 rings (SSSR count). The summed E-state index contributed by atoms with van der Waals surface area (Å²) in [6, 6.07) is 5.74. The minimum absolute atomic E-state index is 0.347. The largest absolute Gasteiger partial charge is 0.378 e. The van der Waals surface area contributed by atoms with Crippen LogP contribution in [0.25, 0.3) is 11.3 Å². The minimum atomic E-state index is 0.347. The van der Waals surface area contributed by atoms with Gasteiger partial charge in [0.2, 0.25) is 5.88 Å². The molecule has 5 nitrogen and oxygen atoms in total. The first-order valence-electron chi connectivity index (χ1n) is 7.05. The molecular formula is C15H19N3O2. The van der Waals surface area contributed by atoms with Gasteiger partial charge in [-0.05, 0) is 44.2 Å². The lowest BCUT2D eigenvalue weighted by molar-refractivity contribution is -0.0244. The first-order chi connectivity index (χ1) is 9.78. The SMILES string of the molecule is CCOC1CC(Cc2noc(N)c2-c2ccccn2)C1. The van der Waals surface area contributed by atoms with Gasteiger partial charge in [-0.25, -0.2) is 0 Å². The third-order valence-electron chi connectivity index (χ3n) is 3.79. The molecule has 5 heteroatoms. The number of hydrogen-bond acceptors (Lipinski definition) is 5. The van der Waals surface area contributed by atoms with Crippen molar-refractivity contribution in [3.63, 3.8) is 0 Å². The molecule has 106 valence electrons. The third-order valence-corrected chi connectivity index (χ3v) is 3.79. The summed E-state index contributed by atoms with van der Waals surface area (Å²) in [5, 5.41) is 4.10. The van der Waals surface area contributed by atoms with Gasteiger partial charge >= 0.3 is 0 Å². The maximum Gasteiger partial charge on any atom is 0.231 e. The maximum atomic E-state index is 5.89. The van der Waals surface area contributed by atoms with Crippen LogP contribution in [0.3, 0.4) is 0 Å². The Labute approximate surface area is 118 Å². The summed E-state index contributed by atoms with van der Waals surface area (Å²) >= 11 is 0. The van der Waals surface area contributed by atoms with Crippen molar-refractivity contribution in [3.05, 3.63) is 30.1 Å². The summed E-state index contributed by atoms with van der Waals surface area (Å²) in [4.78, 5) is 4.33. The summed E-state index contributed by atoms with van der Waals surface area (Å²) in [6.45, 7) is 2.82. The van der Waals surface area contributed by atoms with Crippen LogP contribution in [0.1, 0.15) is 25.5 Å². The van der Waals surface area contributed by atoms with E-state index < -0.39 is 0 Å². The molecule has 0 radical (unpaired) electrons. The van der Waals surface area contributed by atoms with Gasteiger partial charge in [-0.1, -0.05) is 11.2 Å². The van der Waals surface area contributed by atoms with Crippen molar-refractivity contribution in [2.24, 2.45) is 5.92 Å². The summed E-state index contributed by atoms with van der Waals surface area (Å²) in [5.74, 6) is 0.942. The lowest BCUT2D eigenvalue weighted by atomic mass is 9.78. The Kier molecular flexibility index (Phi) is 3.69. The molecule has 1 fully saturated rings. The smallest absolute Gasteiger partial charge is 0.231 e. The van der Waals surface area contributed by atoms with Crippen molar-refractivity contribution in [2.75, 3.05) is 12.3 Å². The van der Waals surface area contributed by atoms with E-state index in [4.69, 9.17) is 15.0 Å². The van der Waals surface area contributed by atoms with Crippen LogP contribution in [-0.2, 0) is 11.2 Å². The van der Waals surface area contributed by atoms with Gasteiger partial charge < -0.3 is 15.0 Å². The molecule has 0 amide bonds. The quantitative estimate of drug-likeness (QED) is 0.906. The number of aromatic nitrogens is 2. The van der Waals surface area contributed by atoms with Crippen LogP contribution < -0.4 is 5.73 Å². The van der Waals surface area contributed by atoms with E-state index in [-0.39, 0.29) is 0 Å². The monoisotopic (exact) mass is 273 g/mol. The number of rotatable bonds is 5. The molecule has 0 unspecified atom stereocenters. The van der Waals surface area contributed by atoms with Crippen molar-refractivity contribution in [1.82, 2.24) is 10.1 Å². The topological polar surface area (TPSA) is 74.2 Å². The van der Waals surface area contributed by atoms with Crippen LogP contribution in [-0.4, -0.2) is 22.9 Å². The molecule has 0 aromatic carbocycles. The highest BCUT2D eigenvalue weighted by atomic mass is 16.5. The number of nitrogens with zero attached hydrogens (tertiary/aromatic N) is 2. The fourth-order valence-electron chi connectivity index (χ4n) is 2.75. The average molecular weight is 273 g/mol. The van der Waals surface area contributed by atoms with E-state index in [1.807, 2.05) is 25.1 Å². The van der Waals surface area contributed by atoms with Crippen LogP contribution in [0.4, 0.5) is 5.88 Å². The molecule has 2 N–H and O–H groups in total. The van der Waals surface area contributed by atoms with Crippen molar-refractivity contribution >= 4 is 5.88 Å². The molecule has 0 saturated heterocycles. The summed E-state index contributed by atoms with van der Waals surface area (Å²) in [5.41, 5.74) is 8.45. The van der Waals surface area contributed by atoms with Gasteiger partial charge in [0.05, 0.1) is 23.1 Å². The number of anilines is 1. The van der Waals surface area contributed by atoms with Gasteiger partial charge in [-0.15, -0.1) is 0 Å². The predicted octanol–water partition coefficient (Wildman–Crippen LogP) is 2.68. The number of hydrogen-bond donors (Lipinski definition) is 1. The van der Waals surface area contributed by atoms with Crippen LogP contribution in [0, 0.1) is 5.92 Å². The third kappa shape index (κ3) is 2.54. The molecule has 0 spiro atoms. The van der Waals surface area contributed by atoms with Crippen LogP contribution in [0.5, 0.6) is 0 Å². The molecule has 2 aromatic heterocycles. The van der Waals surface area contributed by atoms with Crippen molar-refractivity contribution < 1.29 is 9.26 Å². The maximum absolute atomic E-state index is 5.89. The fraction of sp³-hybridized carbons (Fsp3) is 0.467. The minimum Gasteiger partial charge on any atom is -0.378 e. The number of nitrogens with two attached hydrogens (primary N) is 1.